The fraction of sp³-hybridized carbons (Fsp3) is 0.529. The van der Waals surface area contributed by atoms with E-state index >= 15 is 0 Å². The molecular formula is C17H22N5O10P. The van der Waals surface area contributed by atoms with Crippen molar-refractivity contribution in [3.8, 4) is 0 Å². The van der Waals surface area contributed by atoms with E-state index in [4.69, 9.17) is 14.6 Å². The fourth-order valence-corrected chi connectivity index (χ4v) is 4.46. The minimum Gasteiger partial charge on any atom is -0.388 e. The molecule has 0 aromatic heterocycles. The number of aliphatic hydroxyl groups excluding tert-OH is 3. The number of β-amino-alcohol motifs (C(OH)–C–C–N with tert-alkyl or cyclic N) is 1. The number of aliphatic hydroxyl groups is 4. The number of carbonyl (C=O) groups is 1. The molecule has 5 atom stereocenters. The number of phosphoric acid groups is 1. The van der Waals surface area contributed by atoms with Crippen molar-refractivity contribution in [2.45, 2.75) is 43.7 Å². The molecule has 15 nitrogen and oxygen atoms in total. The Labute approximate surface area is 186 Å². The molecule has 2 fully saturated rings. The van der Waals surface area contributed by atoms with E-state index in [-0.39, 0.29) is 5.84 Å². The van der Waals surface area contributed by atoms with Gasteiger partial charge in [-0.2, -0.15) is 10.4 Å². The zero-order chi connectivity index (χ0) is 24.1. The lowest BCUT2D eigenvalue weighted by molar-refractivity contribution is -0.0717. The van der Waals surface area contributed by atoms with Crippen LogP contribution in [0.25, 0.3) is 0 Å². The summed E-state index contributed by atoms with van der Waals surface area (Å²) in [6, 6.07) is 2.75. The van der Waals surface area contributed by atoms with Crippen molar-refractivity contribution in [2.24, 2.45) is 4.99 Å². The Hall–Kier alpha value is -2.17. The summed E-state index contributed by atoms with van der Waals surface area (Å²) in [6.07, 6.45) is -5.40. The summed E-state index contributed by atoms with van der Waals surface area (Å²) in [6.45, 7) is 2.37. The van der Waals surface area contributed by atoms with Crippen LogP contribution in [-0.4, -0.2) is 90.1 Å². The number of phosphoric ester groups is 1. The number of aryl methyl sites for hydroxylation is 2. The number of urea groups is 1. The maximum absolute atomic E-state index is 12.3. The third-order valence-electron chi connectivity index (χ3n) is 6.11. The summed E-state index contributed by atoms with van der Waals surface area (Å²) >= 11 is 0. The fourth-order valence-electron chi connectivity index (χ4n) is 4.11. The second-order valence-electron chi connectivity index (χ2n) is 8.31. The molecule has 2 amide bonds. The molecule has 4 aliphatic rings. The molecule has 0 saturated carbocycles. The van der Waals surface area contributed by atoms with Crippen molar-refractivity contribution in [1.82, 2.24) is 10.4 Å². The number of hydrogen-bond donors (Lipinski definition) is 7. The van der Waals surface area contributed by atoms with E-state index in [0.717, 1.165) is 16.1 Å². The Morgan fingerprint density at radius 3 is 2.45 bits per heavy atom. The van der Waals surface area contributed by atoms with E-state index in [1.807, 2.05) is 13.8 Å². The number of fused-ring (bicyclic) bond motifs is 3. The molecule has 33 heavy (non-hydrogen) atoms. The molecule has 0 aliphatic carbocycles. The molecule has 0 bridgehead atoms. The van der Waals surface area contributed by atoms with Crippen LogP contribution in [-0.2, 0) is 13.9 Å². The zero-order valence-corrected chi connectivity index (χ0v) is 18.2. The Kier molecular flexibility index (Phi) is 4.75. The average Bonchev–Trinajstić information content (AvgIpc) is 3.63. The van der Waals surface area contributed by atoms with Crippen LogP contribution in [0.4, 0.5) is 16.2 Å². The number of hydroxylamine groups is 1. The van der Waals surface area contributed by atoms with Gasteiger partial charge in [0, 0.05) is 0 Å². The van der Waals surface area contributed by atoms with Crippen molar-refractivity contribution in [1.29, 1.82) is 0 Å². The number of aliphatic imine (C=N–C) groups is 1. The van der Waals surface area contributed by atoms with E-state index in [1.165, 1.54) is 9.96 Å². The molecule has 180 valence electrons. The summed E-state index contributed by atoms with van der Waals surface area (Å²) in [4.78, 5) is 41.0. The lowest BCUT2D eigenvalue weighted by Gasteiger charge is -2.38. The van der Waals surface area contributed by atoms with Gasteiger partial charge in [-0.3, -0.25) is 4.52 Å². The van der Waals surface area contributed by atoms with Gasteiger partial charge < -0.3 is 35.1 Å². The number of amidine groups is 1. The minimum atomic E-state index is -4.90. The van der Waals surface area contributed by atoms with Crippen molar-refractivity contribution in [3.63, 3.8) is 0 Å². The van der Waals surface area contributed by atoms with Crippen LogP contribution >= 0.6 is 7.82 Å². The molecule has 5 rings (SSSR count). The van der Waals surface area contributed by atoms with E-state index in [1.54, 1.807) is 12.1 Å². The highest BCUT2D eigenvalue weighted by molar-refractivity contribution is 7.46. The van der Waals surface area contributed by atoms with Crippen LogP contribution in [0.1, 0.15) is 11.1 Å². The van der Waals surface area contributed by atoms with Gasteiger partial charge in [-0.1, -0.05) is 0 Å². The molecule has 7 N–H and O–H groups in total. The largest absolute Gasteiger partial charge is 0.469 e. The van der Waals surface area contributed by atoms with Crippen LogP contribution in [0, 0.1) is 13.8 Å². The number of hydrazine groups is 1. The minimum absolute atomic E-state index is 0.0424. The summed E-state index contributed by atoms with van der Waals surface area (Å²) in [5.74, 6) is -1.94. The van der Waals surface area contributed by atoms with Crippen LogP contribution in [0.5, 0.6) is 0 Å². The van der Waals surface area contributed by atoms with Gasteiger partial charge in [0.2, 0.25) is 0 Å². The summed E-state index contributed by atoms with van der Waals surface area (Å²) in [7, 11) is -4.90. The Bertz CT molecular complexity index is 1130. The quantitative estimate of drug-likeness (QED) is 0.160. The highest BCUT2D eigenvalue weighted by Crippen LogP contribution is 2.60. The molecule has 1 aromatic carbocycles. The van der Waals surface area contributed by atoms with E-state index in [9.17, 15) is 29.8 Å². The smallest absolute Gasteiger partial charge is 0.388 e. The number of benzene rings is 1. The van der Waals surface area contributed by atoms with E-state index < -0.39 is 56.9 Å². The second kappa shape index (κ2) is 6.93. The molecule has 4 heterocycles. The van der Waals surface area contributed by atoms with Crippen LogP contribution in [0.2, 0.25) is 0 Å². The summed E-state index contributed by atoms with van der Waals surface area (Å²) in [5.41, 5.74) is 3.70. The molecule has 2 saturated heterocycles. The molecule has 16 heteroatoms. The Balaban J connectivity index is 1.48. The third-order valence-corrected chi connectivity index (χ3v) is 6.60. The monoisotopic (exact) mass is 487 g/mol. The van der Waals surface area contributed by atoms with Gasteiger partial charge in [0.05, 0.1) is 24.5 Å². The van der Waals surface area contributed by atoms with Crippen molar-refractivity contribution >= 4 is 31.1 Å². The average molecular weight is 487 g/mol. The Morgan fingerprint density at radius 2 is 1.82 bits per heavy atom. The third kappa shape index (κ3) is 3.21. The summed E-state index contributed by atoms with van der Waals surface area (Å²) in [5, 5.41) is 44.2. The molecule has 0 unspecified atom stereocenters. The van der Waals surface area contributed by atoms with Gasteiger partial charge in [0.25, 0.3) is 5.85 Å². The SMILES string of the molecule is Cc1cc2c(cc1C)N1O[C@@]13C(=NC(=O)N1N[C@]13O)N2C[C@H](O)[C@H](O)[C@H](O)COP(=O)(O)O. The highest BCUT2D eigenvalue weighted by Gasteiger charge is 2.87. The van der Waals surface area contributed by atoms with Gasteiger partial charge in [-0.15, -0.1) is 0 Å². The van der Waals surface area contributed by atoms with Crippen LogP contribution in [0.3, 0.4) is 0 Å². The van der Waals surface area contributed by atoms with E-state index in [2.05, 4.69) is 14.9 Å². The molecule has 4 aliphatic heterocycles. The lowest BCUT2D eigenvalue weighted by atomic mass is 9.98. The Morgan fingerprint density at radius 1 is 1.18 bits per heavy atom. The van der Waals surface area contributed by atoms with Crippen molar-refractivity contribution in [2.75, 3.05) is 23.1 Å². The lowest BCUT2D eigenvalue weighted by Crippen LogP contribution is -2.61. The number of amides is 2. The number of rotatable bonds is 7. The van der Waals surface area contributed by atoms with Gasteiger partial charge in [0.1, 0.15) is 18.3 Å². The van der Waals surface area contributed by atoms with Gasteiger partial charge in [-0.25, -0.2) is 24.3 Å². The highest BCUT2D eigenvalue weighted by atomic mass is 31.2. The predicted octanol–water partition coefficient (Wildman–Crippen LogP) is -2.24. The first-order chi connectivity index (χ1) is 15.3. The molecule has 1 spiro atoms. The molecule has 0 radical (unpaired) electrons. The van der Waals surface area contributed by atoms with Crippen molar-refractivity contribution < 1.29 is 48.9 Å². The maximum atomic E-state index is 12.3. The van der Waals surface area contributed by atoms with Gasteiger partial charge >= 0.3 is 19.6 Å². The molecule has 1 aromatic rings. The predicted molar refractivity (Wildman–Crippen MR) is 108 cm³/mol. The first-order valence-corrected chi connectivity index (χ1v) is 11.4. The zero-order valence-electron chi connectivity index (χ0n) is 17.4. The number of carbonyl (C=O) groups excluding carboxylic acids is 1. The van der Waals surface area contributed by atoms with Gasteiger partial charge in [0.15, 0.2) is 5.84 Å². The molecular weight excluding hydrogens is 465 g/mol. The maximum Gasteiger partial charge on any atom is 0.469 e. The number of nitrogens with zero attached hydrogens (tertiary/aromatic N) is 4. The second-order valence-corrected chi connectivity index (χ2v) is 9.55. The summed E-state index contributed by atoms with van der Waals surface area (Å²) < 4.78 is 15.0. The van der Waals surface area contributed by atoms with Crippen LogP contribution in [0.15, 0.2) is 17.1 Å². The number of hydrogen-bond acceptors (Lipinski definition) is 11. The van der Waals surface area contributed by atoms with Crippen molar-refractivity contribution in [3.05, 3.63) is 23.3 Å². The first-order valence-electron chi connectivity index (χ1n) is 9.86. The van der Waals surface area contributed by atoms with Crippen LogP contribution < -0.4 is 15.4 Å². The first kappa shape index (κ1) is 22.6. The van der Waals surface area contributed by atoms with Gasteiger partial charge in [-0.05, 0) is 37.1 Å². The number of anilines is 2. The standard InChI is InChI=1S/C17H22N5O10P/c1-7-3-9-10(4-8(7)2)22-16(32-22)14(18-15(26)21-17(16,27)19-21)20(9)5-11(23)13(25)12(24)6-31-33(28,29)30/h3-4,11-13,19,23-25,27H,5-6H2,1-2H3,(H2,28,29,30)/t11-,12+,13-,16+,17-,21?,22?/m0/s1. The topological polar surface area (TPSA) is 221 Å². The number of nitrogens with one attached hydrogen (secondary N) is 1. The van der Waals surface area contributed by atoms with E-state index in [0.29, 0.717) is 11.4 Å². The normalized spacial score (nSPS) is 30.0.